The number of benzene rings is 1. The molecule has 0 amide bonds. The van der Waals surface area contributed by atoms with Gasteiger partial charge in [0.1, 0.15) is 0 Å². The lowest BCUT2D eigenvalue weighted by Crippen LogP contribution is -2.37. The molecule has 9 heteroatoms. The Balaban J connectivity index is 2.50. The summed E-state index contributed by atoms with van der Waals surface area (Å²) in [5.74, 6) is 0. The van der Waals surface area contributed by atoms with E-state index in [1.165, 1.54) is 12.1 Å². The molecule has 0 unspecified atom stereocenters. The third-order valence-electron chi connectivity index (χ3n) is 4.30. The lowest BCUT2D eigenvalue weighted by atomic mass is 10.1. The zero-order valence-corrected chi connectivity index (χ0v) is 16.2. The molecule has 24 heavy (non-hydrogen) atoms. The lowest BCUT2D eigenvalue weighted by molar-refractivity contribution is -0.385. The third-order valence-corrected chi connectivity index (χ3v) is 6.98. The maximum absolute atomic E-state index is 13.1. The number of aryl methyl sites for hydroxylation is 1. The highest BCUT2D eigenvalue weighted by atomic mass is 79.9. The molecule has 1 aromatic carbocycles. The van der Waals surface area contributed by atoms with Crippen LogP contribution in [0.4, 0.5) is 11.4 Å². The number of nitrogens with one attached hydrogen (secondary N) is 1. The van der Waals surface area contributed by atoms with Crippen LogP contribution in [0.3, 0.4) is 0 Å². The number of hydrogen-bond acceptors (Lipinski definition) is 6. The minimum Gasteiger partial charge on any atom is -0.383 e. The predicted octanol–water partition coefficient (Wildman–Crippen LogP) is 2.58. The highest BCUT2D eigenvalue weighted by molar-refractivity contribution is 9.09. The number of hydrogen-bond donors (Lipinski definition) is 1. The molecule has 1 fully saturated rings. The van der Waals surface area contributed by atoms with Crippen LogP contribution >= 0.6 is 15.9 Å². The standard InChI is InChI=1S/C15H22BrN3O4S/c1-11-9-12(19(20)21)10-14(15(11)17-6-5-16)24(22,23)13-3-7-18(2)8-4-13/h9-10,13,17H,3-8H2,1-2H3. The summed E-state index contributed by atoms with van der Waals surface area (Å²) in [5.41, 5.74) is 0.846. The van der Waals surface area contributed by atoms with Gasteiger partial charge in [-0.25, -0.2) is 8.42 Å². The van der Waals surface area contributed by atoms with Crippen LogP contribution < -0.4 is 5.32 Å². The molecule has 1 aromatic rings. The second-order valence-corrected chi connectivity index (χ2v) is 9.05. The Labute approximate surface area is 150 Å². The van der Waals surface area contributed by atoms with Crippen molar-refractivity contribution in [1.82, 2.24) is 4.90 Å². The summed E-state index contributed by atoms with van der Waals surface area (Å²) in [6, 6.07) is 2.60. The van der Waals surface area contributed by atoms with Crippen molar-refractivity contribution in [3.63, 3.8) is 0 Å². The van der Waals surface area contributed by atoms with Gasteiger partial charge in [0.2, 0.25) is 0 Å². The Morgan fingerprint density at radius 3 is 2.54 bits per heavy atom. The van der Waals surface area contributed by atoms with E-state index in [-0.39, 0.29) is 10.6 Å². The largest absolute Gasteiger partial charge is 0.383 e. The molecule has 0 radical (unpaired) electrons. The van der Waals surface area contributed by atoms with Crippen molar-refractivity contribution < 1.29 is 13.3 Å². The Hall–Kier alpha value is -1.19. The van der Waals surface area contributed by atoms with Crippen LogP contribution in [0.25, 0.3) is 0 Å². The van der Waals surface area contributed by atoms with Crippen molar-refractivity contribution >= 4 is 37.1 Å². The first kappa shape index (κ1) is 19.1. The van der Waals surface area contributed by atoms with E-state index in [2.05, 4.69) is 26.1 Å². The molecular formula is C15H22BrN3O4S. The number of rotatable bonds is 6. The van der Waals surface area contributed by atoms with Gasteiger partial charge in [0, 0.05) is 24.0 Å². The van der Waals surface area contributed by atoms with E-state index >= 15 is 0 Å². The van der Waals surface area contributed by atoms with Gasteiger partial charge in [-0.15, -0.1) is 0 Å². The molecule has 1 aliphatic heterocycles. The first-order valence-electron chi connectivity index (χ1n) is 7.78. The SMILES string of the molecule is Cc1cc([N+](=O)[O-])cc(S(=O)(=O)C2CCN(C)CC2)c1NCCBr. The molecule has 7 nitrogen and oxygen atoms in total. The van der Waals surface area contributed by atoms with Crippen molar-refractivity contribution in [2.75, 3.05) is 37.3 Å². The summed E-state index contributed by atoms with van der Waals surface area (Å²) in [6.45, 7) is 3.65. The average Bonchev–Trinajstić information content (AvgIpc) is 2.53. The number of nitro benzene ring substituents is 1. The van der Waals surface area contributed by atoms with E-state index in [4.69, 9.17) is 0 Å². The summed E-state index contributed by atoms with van der Waals surface area (Å²) < 4.78 is 26.2. The number of non-ortho nitro benzene ring substituents is 1. The predicted molar refractivity (Wildman–Crippen MR) is 97.8 cm³/mol. The highest BCUT2D eigenvalue weighted by Gasteiger charge is 2.34. The third kappa shape index (κ3) is 4.07. The van der Waals surface area contributed by atoms with Crippen molar-refractivity contribution in [3.8, 4) is 0 Å². The summed E-state index contributed by atoms with van der Waals surface area (Å²) in [4.78, 5) is 12.7. The van der Waals surface area contributed by atoms with E-state index in [1.54, 1.807) is 6.92 Å². The lowest BCUT2D eigenvalue weighted by Gasteiger charge is -2.29. The minimum atomic E-state index is -3.63. The average molecular weight is 420 g/mol. The summed E-state index contributed by atoms with van der Waals surface area (Å²) >= 11 is 3.30. The molecule has 1 saturated heterocycles. The van der Waals surface area contributed by atoms with Crippen LogP contribution in [0.5, 0.6) is 0 Å². The highest BCUT2D eigenvalue weighted by Crippen LogP contribution is 2.35. The summed E-state index contributed by atoms with van der Waals surface area (Å²) in [5, 5.41) is 14.4. The number of halogens is 1. The zero-order valence-electron chi connectivity index (χ0n) is 13.8. The van der Waals surface area contributed by atoms with Gasteiger partial charge in [-0.1, -0.05) is 15.9 Å². The fraction of sp³-hybridized carbons (Fsp3) is 0.600. The maximum Gasteiger partial charge on any atom is 0.271 e. The Morgan fingerprint density at radius 2 is 2.00 bits per heavy atom. The Morgan fingerprint density at radius 1 is 1.38 bits per heavy atom. The van der Waals surface area contributed by atoms with E-state index in [0.717, 1.165) is 0 Å². The first-order valence-corrected chi connectivity index (χ1v) is 10.5. The number of likely N-dealkylation sites (tertiary alicyclic amines) is 1. The van der Waals surface area contributed by atoms with Gasteiger partial charge in [-0.3, -0.25) is 10.1 Å². The topological polar surface area (TPSA) is 92.5 Å². The zero-order chi connectivity index (χ0) is 17.9. The van der Waals surface area contributed by atoms with Gasteiger partial charge >= 0.3 is 0 Å². The maximum atomic E-state index is 13.1. The number of piperidine rings is 1. The molecule has 0 aromatic heterocycles. The second-order valence-electron chi connectivity index (χ2n) is 6.06. The monoisotopic (exact) mass is 419 g/mol. The molecule has 2 rings (SSSR count). The van der Waals surface area contributed by atoms with Crippen LogP contribution in [-0.4, -0.2) is 55.5 Å². The molecule has 0 atom stereocenters. The molecular weight excluding hydrogens is 398 g/mol. The molecule has 0 aliphatic carbocycles. The fourth-order valence-electron chi connectivity index (χ4n) is 2.94. The van der Waals surface area contributed by atoms with Crippen molar-refractivity contribution in [2.24, 2.45) is 0 Å². The number of alkyl halides is 1. The first-order chi connectivity index (χ1) is 11.3. The number of nitrogens with zero attached hydrogens (tertiary/aromatic N) is 2. The molecule has 1 N–H and O–H groups in total. The molecule has 0 saturated carbocycles. The normalized spacial score (nSPS) is 17.0. The Bertz CT molecular complexity index is 716. The van der Waals surface area contributed by atoms with Gasteiger partial charge in [0.15, 0.2) is 9.84 Å². The minimum absolute atomic E-state index is 0.0460. The van der Waals surface area contributed by atoms with Crippen molar-refractivity contribution in [3.05, 3.63) is 27.8 Å². The van der Waals surface area contributed by atoms with Crippen LogP contribution in [-0.2, 0) is 9.84 Å². The molecule has 1 heterocycles. The van der Waals surface area contributed by atoms with E-state index in [0.29, 0.717) is 49.1 Å². The van der Waals surface area contributed by atoms with Gasteiger partial charge in [0.05, 0.1) is 20.8 Å². The van der Waals surface area contributed by atoms with Gasteiger partial charge in [0.25, 0.3) is 5.69 Å². The quantitative estimate of drug-likeness (QED) is 0.432. The van der Waals surface area contributed by atoms with Crippen molar-refractivity contribution in [2.45, 2.75) is 29.9 Å². The van der Waals surface area contributed by atoms with Crippen LogP contribution in [0.15, 0.2) is 17.0 Å². The second kappa shape index (κ2) is 7.79. The van der Waals surface area contributed by atoms with Crippen LogP contribution in [0, 0.1) is 17.0 Å². The van der Waals surface area contributed by atoms with E-state index in [9.17, 15) is 18.5 Å². The van der Waals surface area contributed by atoms with Crippen LogP contribution in [0.1, 0.15) is 18.4 Å². The fourth-order valence-corrected chi connectivity index (χ4v) is 5.13. The number of nitro groups is 1. The van der Waals surface area contributed by atoms with Crippen molar-refractivity contribution in [1.29, 1.82) is 0 Å². The molecule has 1 aliphatic rings. The number of anilines is 1. The van der Waals surface area contributed by atoms with Crippen LogP contribution in [0.2, 0.25) is 0 Å². The van der Waals surface area contributed by atoms with Gasteiger partial charge in [-0.2, -0.15) is 0 Å². The Kier molecular flexibility index (Phi) is 6.22. The molecule has 134 valence electrons. The van der Waals surface area contributed by atoms with Gasteiger partial charge < -0.3 is 10.2 Å². The molecule has 0 spiro atoms. The summed E-state index contributed by atoms with van der Waals surface area (Å²) in [6.07, 6.45) is 1.08. The van der Waals surface area contributed by atoms with E-state index in [1.807, 2.05) is 7.05 Å². The summed E-state index contributed by atoms with van der Waals surface area (Å²) in [7, 11) is -1.67. The van der Waals surface area contributed by atoms with E-state index < -0.39 is 20.0 Å². The smallest absolute Gasteiger partial charge is 0.271 e. The molecule has 0 bridgehead atoms. The van der Waals surface area contributed by atoms with Gasteiger partial charge in [-0.05, 0) is 45.5 Å². The number of sulfone groups is 1.